The quantitative estimate of drug-likeness (QED) is 0.312. The molecular weight excluding hydrogens is 444 g/mol. The zero-order valence-corrected chi connectivity index (χ0v) is 19.9. The van der Waals surface area contributed by atoms with Crippen molar-refractivity contribution in [3.05, 3.63) is 118 Å². The predicted molar refractivity (Wildman–Crippen MR) is 135 cm³/mol. The average molecular weight is 471 g/mol. The molecule has 1 aromatic heterocycles. The molecule has 34 heavy (non-hydrogen) atoms. The second kappa shape index (κ2) is 10.9. The molecule has 0 aliphatic heterocycles. The summed E-state index contributed by atoms with van der Waals surface area (Å²) in [6.07, 6.45) is 0. The maximum atomic E-state index is 13.9. The largest absolute Gasteiger partial charge is 0.462 e. The van der Waals surface area contributed by atoms with E-state index in [0.29, 0.717) is 15.7 Å². The predicted octanol–water partition coefficient (Wildman–Crippen LogP) is 6.18. The van der Waals surface area contributed by atoms with Crippen LogP contribution in [0.2, 0.25) is 0 Å². The van der Waals surface area contributed by atoms with E-state index in [4.69, 9.17) is 4.74 Å². The first kappa shape index (κ1) is 23.4. The van der Waals surface area contributed by atoms with E-state index in [0.717, 1.165) is 28.0 Å². The van der Waals surface area contributed by atoms with Crippen molar-refractivity contribution in [2.24, 2.45) is 0 Å². The van der Waals surface area contributed by atoms with Crippen LogP contribution in [0.25, 0.3) is 0 Å². The maximum Gasteiger partial charge on any atom is 0.350 e. The van der Waals surface area contributed by atoms with Crippen molar-refractivity contribution in [2.45, 2.75) is 25.7 Å². The molecule has 0 fully saturated rings. The lowest BCUT2D eigenvalue weighted by molar-refractivity contribution is -0.117. The maximum absolute atomic E-state index is 13.9. The number of hydrogen-bond donors (Lipinski definition) is 1. The number of nitrogens with one attached hydrogen (secondary N) is 1. The number of thiazole rings is 1. The SMILES string of the molecule is CCOC(=O)c1sc(NC(=O)C(c2ccccc2)C(c2ccccc2)c2ccccc2)nc1C. The number of rotatable bonds is 8. The Kier molecular flexibility index (Phi) is 7.50. The number of nitrogens with zero attached hydrogens (tertiary/aromatic N) is 1. The third kappa shape index (κ3) is 5.24. The Morgan fingerprint density at radius 2 is 1.35 bits per heavy atom. The highest BCUT2D eigenvalue weighted by molar-refractivity contribution is 7.17. The lowest BCUT2D eigenvalue weighted by atomic mass is 9.76. The third-order valence-corrected chi connectivity index (χ3v) is 6.63. The molecular formula is C28H26N2O3S. The van der Waals surface area contributed by atoms with Crippen LogP contribution in [0.15, 0.2) is 91.0 Å². The van der Waals surface area contributed by atoms with Crippen molar-refractivity contribution in [1.29, 1.82) is 0 Å². The highest BCUT2D eigenvalue weighted by Gasteiger charge is 2.33. The number of aryl methyl sites for hydroxylation is 1. The second-order valence-electron chi connectivity index (χ2n) is 7.83. The molecule has 172 valence electrons. The lowest BCUT2D eigenvalue weighted by Crippen LogP contribution is -2.27. The van der Waals surface area contributed by atoms with Gasteiger partial charge in [-0.1, -0.05) is 102 Å². The molecule has 1 heterocycles. The first-order valence-electron chi connectivity index (χ1n) is 11.2. The van der Waals surface area contributed by atoms with Crippen molar-refractivity contribution < 1.29 is 14.3 Å². The van der Waals surface area contributed by atoms with Crippen molar-refractivity contribution in [1.82, 2.24) is 4.98 Å². The van der Waals surface area contributed by atoms with Crippen molar-refractivity contribution in [3.8, 4) is 0 Å². The standard InChI is InChI=1S/C28H26N2O3S/c1-3-33-27(32)25-19(2)29-28(34-25)30-26(31)24(22-17-11-6-12-18-22)23(20-13-7-4-8-14-20)21-15-9-5-10-16-21/h4-18,23-24H,3H2,1-2H3,(H,29,30,31). The third-order valence-electron chi connectivity index (χ3n) is 5.58. The van der Waals surface area contributed by atoms with E-state index in [1.807, 2.05) is 91.0 Å². The Bertz CT molecular complexity index is 1200. The molecule has 4 rings (SSSR count). The topological polar surface area (TPSA) is 68.3 Å². The number of carbonyl (C=O) groups is 2. The molecule has 0 saturated carbocycles. The summed E-state index contributed by atoms with van der Waals surface area (Å²) in [5, 5.41) is 3.36. The molecule has 6 heteroatoms. The van der Waals surface area contributed by atoms with E-state index in [-0.39, 0.29) is 18.4 Å². The Hall–Kier alpha value is -3.77. The molecule has 4 aromatic rings. The van der Waals surface area contributed by atoms with Gasteiger partial charge in [0, 0.05) is 5.92 Å². The highest BCUT2D eigenvalue weighted by Crippen LogP contribution is 2.39. The van der Waals surface area contributed by atoms with E-state index < -0.39 is 11.9 Å². The smallest absolute Gasteiger partial charge is 0.350 e. The van der Waals surface area contributed by atoms with Crippen molar-refractivity contribution in [2.75, 3.05) is 11.9 Å². The number of hydrogen-bond acceptors (Lipinski definition) is 5. The van der Waals surface area contributed by atoms with Crippen LogP contribution in [0.5, 0.6) is 0 Å². The summed E-state index contributed by atoms with van der Waals surface area (Å²) in [5.41, 5.74) is 3.52. The number of aromatic nitrogens is 1. The Morgan fingerprint density at radius 3 is 1.85 bits per heavy atom. The van der Waals surface area contributed by atoms with Crippen LogP contribution in [0.1, 0.15) is 50.8 Å². The monoisotopic (exact) mass is 470 g/mol. The first-order valence-corrected chi connectivity index (χ1v) is 12.0. The summed E-state index contributed by atoms with van der Waals surface area (Å²) >= 11 is 1.13. The number of benzene rings is 3. The molecule has 1 N–H and O–H groups in total. The van der Waals surface area contributed by atoms with Crippen LogP contribution in [0.3, 0.4) is 0 Å². The van der Waals surface area contributed by atoms with E-state index in [2.05, 4.69) is 10.3 Å². The van der Waals surface area contributed by atoms with Gasteiger partial charge in [0.1, 0.15) is 4.88 Å². The van der Waals surface area contributed by atoms with Gasteiger partial charge in [-0.25, -0.2) is 9.78 Å². The fourth-order valence-electron chi connectivity index (χ4n) is 4.07. The van der Waals surface area contributed by atoms with E-state index in [1.165, 1.54) is 0 Å². The van der Waals surface area contributed by atoms with Gasteiger partial charge in [-0.15, -0.1) is 0 Å². The molecule has 0 radical (unpaired) electrons. The molecule has 0 saturated heterocycles. The normalized spacial score (nSPS) is 11.7. The minimum absolute atomic E-state index is 0.187. The molecule has 1 amide bonds. The van der Waals surface area contributed by atoms with Crippen LogP contribution in [-0.4, -0.2) is 23.5 Å². The Labute approximate surface area is 203 Å². The highest BCUT2D eigenvalue weighted by atomic mass is 32.1. The van der Waals surface area contributed by atoms with E-state index in [1.54, 1.807) is 13.8 Å². The van der Waals surface area contributed by atoms with Gasteiger partial charge < -0.3 is 10.1 Å². The molecule has 1 unspecified atom stereocenters. The molecule has 1 atom stereocenters. The first-order chi connectivity index (χ1) is 16.6. The molecule has 0 aliphatic rings. The lowest BCUT2D eigenvalue weighted by Gasteiger charge is -2.27. The zero-order chi connectivity index (χ0) is 23.9. The van der Waals surface area contributed by atoms with Crippen molar-refractivity contribution >= 4 is 28.3 Å². The van der Waals surface area contributed by atoms with Gasteiger partial charge in [0.15, 0.2) is 5.13 Å². The van der Waals surface area contributed by atoms with Gasteiger partial charge in [0.05, 0.1) is 18.2 Å². The minimum Gasteiger partial charge on any atom is -0.462 e. The zero-order valence-electron chi connectivity index (χ0n) is 19.1. The molecule has 0 spiro atoms. The fraction of sp³-hybridized carbons (Fsp3) is 0.179. The summed E-state index contributed by atoms with van der Waals surface area (Å²) in [6, 6.07) is 29.8. The van der Waals surface area contributed by atoms with Gasteiger partial charge in [-0.05, 0) is 30.5 Å². The molecule has 5 nitrogen and oxygen atoms in total. The second-order valence-corrected chi connectivity index (χ2v) is 8.83. The minimum atomic E-state index is -0.513. The summed E-state index contributed by atoms with van der Waals surface area (Å²) in [4.78, 5) is 30.9. The van der Waals surface area contributed by atoms with Gasteiger partial charge in [0.2, 0.25) is 5.91 Å². The summed E-state index contributed by atoms with van der Waals surface area (Å²) in [7, 11) is 0. The van der Waals surface area contributed by atoms with E-state index in [9.17, 15) is 9.59 Å². The molecule has 0 aliphatic carbocycles. The van der Waals surface area contributed by atoms with Gasteiger partial charge in [-0.2, -0.15) is 0 Å². The van der Waals surface area contributed by atoms with Crippen LogP contribution >= 0.6 is 11.3 Å². The number of amides is 1. The van der Waals surface area contributed by atoms with Crippen LogP contribution in [0.4, 0.5) is 5.13 Å². The summed E-state index contributed by atoms with van der Waals surface area (Å²) < 4.78 is 5.12. The van der Waals surface area contributed by atoms with Crippen LogP contribution in [-0.2, 0) is 9.53 Å². The molecule has 0 bridgehead atoms. The number of ether oxygens (including phenoxy) is 1. The van der Waals surface area contributed by atoms with E-state index >= 15 is 0 Å². The number of carbonyl (C=O) groups excluding carboxylic acids is 2. The number of anilines is 1. The van der Waals surface area contributed by atoms with Crippen LogP contribution in [0, 0.1) is 6.92 Å². The summed E-state index contributed by atoms with van der Waals surface area (Å²) in [5.74, 6) is -1.34. The van der Waals surface area contributed by atoms with Crippen molar-refractivity contribution in [3.63, 3.8) is 0 Å². The van der Waals surface area contributed by atoms with Crippen LogP contribution < -0.4 is 5.32 Å². The van der Waals surface area contributed by atoms with Gasteiger partial charge in [0.25, 0.3) is 0 Å². The fourth-order valence-corrected chi connectivity index (χ4v) is 4.94. The summed E-state index contributed by atoms with van der Waals surface area (Å²) in [6.45, 7) is 3.78. The average Bonchev–Trinajstić information content (AvgIpc) is 3.24. The Balaban J connectivity index is 1.75. The molecule has 3 aromatic carbocycles. The number of esters is 1. The van der Waals surface area contributed by atoms with Gasteiger partial charge >= 0.3 is 5.97 Å². The van der Waals surface area contributed by atoms with Gasteiger partial charge in [-0.3, -0.25) is 4.79 Å². The Morgan fingerprint density at radius 1 is 0.853 bits per heavy atom.